The lowest BCUT2D eigenvalue weighted by Gasteiger charge is -2.20. The Bertz CT molecular complexity index is 1150. The molecule has 32 heavy (non-hydrogen) atoms. The van der Waals surface area contributed by atoms with E-state index in [0.717, 1.165) is 31.2 Å². The molecule has 0 unspecified atom stereocenters. The molecule has 1 fully saturated rings. The van der Waals surface area contributed by atoms with Crippen LogP contribution in [-0.4, -0.2) is 41.3 Å². The fourth-order valence-corrected chi connectivity index (χ4v) is 6.77. The number of nitrogens with zero attached hydrogens (tertiary/aromatic N) is 1. The average Bonchev–Trinajstić information content (AvgIpc) is 3.03. The van der Waals surface area contributed by atoms with Crippen molar-refractivity contribution >= 4 is 25.7 Å². The number of ether oxygens (including phenoxy) is 1. The lowest BCUT2D eigenvalue weighted by atomic mass is 10.0. The third-order valence-electron chi connectivity index (χ3n) is 5.75. The van der Waals surface area contributed by atoms with Crippen molar-refractivity contribution in [2.75, 3.05) is 24.9 Å². The van der Waals surface area contributed by atoms with E-state index in [-0.39, 0.29) is 15.7 Å². The van der Waals surface area contributed by atoms with E-state index in [1.165, 1.54) is 28.6 Å². The van der Waals surface area contributed by atoms with Gasteiger partial charge in [-0.2, -0.15) is 4.31 Å². The molecule has 0 amide bonds. The summed E-state index contributed by atoms with van der Waals surface area (Å²) in [6.07, 6.45) is 3.79. The Morgan fingerprint density at radius 3 is 2.06 bits per heavy atom. The minimum Gasteiger partial charge on any atom is -0.496 e. The predicted molar refractivity (Wildman–Crippen MR) is 126 cm³/mol. The van der Waals surface area contributed by atoms with Gasteiger partial charge in [0.25, 0.3) is 10.0 Å². The fraction of sp³-hybridized carbons (Fsp3) is 0.478. The van der Waals surface area contributed by atoms with Crippen LogP contribution in [0.2, 0.25) is 0 Å². The average molecular weight is 481 g/mol. The Labute approximate surface area is 191 Å². The van der Waals surface area contributed by atoms with Crippen molar-refractivity contribution in [1.82, 2.24) is 4.31 Å². The summed E-state index contributed by atoms with van der Waals surface area (Å²) in [5, 5.41) is 0. The number of methoxy groups -OCH3 is 1. The van der Waals surface area contributed by atoms with Crippen LogP contribution in [0.5, 0.6) is 5.75 Å². The van der Waals surface area contributed by atoms with Crippen molar-refractivity contribution in [2.45, 2.75) is 62.2 Å². The topological polar surface area (TPSA) is 92.8 Å². The van der Waals surface area contributed by atoms with E-state index in [1.807, 2.05) is 13.8 Å². The lowest BCUT2D eigenvalue weighted by Crippen LogP contribution is -2.31. The van der Waals surface area contributed by atoms with Crippen LogP contribution in [0.3, 0.4) is 0 Å². The second-order valence-electron chi connectivity index (χ2n) is 8.46. The molecule has 3 rings (SSSR count). The molecule has 1 N–H and O–H groups in total. The molecule has 1 saturated heterocycles. The summed E-state index contributed by atoms with van der Waals surface area (Å²) in [6.45, 7) is 6.70. The van der Waals surface area contributed by atoms with Crippen LogP contribution in [0.15, 0.2) is 46.2 Å². The lowest BCUT2D eigenvalue weighted by molar-refractivity contribution is 0.406. The summed E-state index contributed by atoms with van der Waals surface area (Å²) in [5.74, 6) is 0.738. The first-order valence-electron chi connectivity index (χ1n) is 10.9. The van der Waals surface area contributed by atoms with Gasteiger partial charge in [0.15, 0.2) is 0 Å². The van der Waals surface area contributed by atoms with Gasteiger partial charge in [0.2, 0.25) is 10.0 Å². The quantitative estimate of drug-likeness (QED) is 0.630. The van der Waals surface area contributed by atoms with Crippen molar-refractivity contribution in [1.29, 1.82) is 0 Å². The largest absolute Gasteiger partial charge is 0.496 e. The first-order valence-corrected chi connectivity index (χ1v) is 13.8. The van der Waals surface area contributed by atoms with E-state index in [2.05, 4.69) is 4.72 Å². The van der Waals surface area contributed by atoms with Crippen LogP contribution in [0, 0.1) is 6.92 Å². The van der Waals surface area contributed by atoms with Gasteiger partial charge in [0.1, 0.15) is 5.75 Å². The molecule has 176 valence electrons. The summed E-state index contributed by atoms with van der Waals surface area (Å²) < 4.78 is 61.5. The summed E-state index contributed by atoms with van der Waals surface area (Å²) >= 11 is 0. The fourth-order valence-electron chi connectivity index (χ4n) is 3.93. The van der Waals surface area contributed by atoms with E-state index in [4.69, 9.17) is 4.74 Å². The Balaban J connectivity index is 1.85. The molecule has 0 saturated carbocycles. The zero-order valence-electron chi connectivity index (χ0n) is 19.1. The molecule has 9 heteroatoms. The highest BCUT2D eigenvalue weighted by Gasteiger charge is 2.26. The summed E-state index contributed by atoms with van der Waals surface area (Å²) in [5.41, 5.74) is 1.68. The zero-order valence-corrected chi connectivity index (χ0v) is 20.7. The third-order valence-corrected chi connectivity index (χ3v) is 9.18. The molecule has 0 atom stereocenters. The van der Waals surface area contributed by atoms with Crippen molar-refractivity contribution in [3.8, 4) is 5.75 Å². The van der Waals surface area contributed by atoms with Gasteiger partial charge in [-0.1, -0.05) is 26.7 Å². The molecule has 0 spiro atoms. The number of hydrogen-bond donors (Lipinski definition) is 1. The van der Waals surface area contributed by atoms with Gasteiger partial charge < -0.3 is 4.74 Å². The number of hydrogen-bond acceptors (Lipinski definition) is 5. The van der Waals surface area contributed by atoms with E-state index >= 15 is 0 Å². The number of aryl methyl sites for hydroxylation is 1. The van der Waals surface area contributed by atoms with Crippen LogP contribution >= 0.6 is 0 Å². The monoisotopic (exact) mass is 480 g/mol. The first kappa shape index (κ1) is 24.5. The predicted octanol–water partition coefficient (Wildman–Crippen LogP) is 4.49. The summed E-state index contributed by atoms with van der Waals surface area (Å²) in [4.78, 5) is 0.341. The number of benzene rings is 2. The number of anilines is 1. The maximum absolute atomic E-state index is 13.1. The van der Waals surface area contributed by atoms with Crippen LogP contribution in [0.25, 0.3) is 0 Å². The second-order valence-corrected chi connectivity index (χ2v) is 12.1. The van der Waals surface area contributed by atoms with Gasteiger partial charge in [-0.25, -0.2) is 16.8 Å². The maximum Gasteiger partial charge on any atom is 0.262 e. The minimum atomic E-state index is -3.86. The van der Waals surface area contributed by atoms with Crippen molar-refractivity contribution in [3.05, 3.63) is 47.5 Å². The first-order chi connectivity index (χ1) is 15.1. The van der Waals surface area contributed by atoms with Crippen LogP contribution in [0.4, 0.5) is 5.69 Å². The second kappa shape index (κ2) is 9.80. The Hall–Kier alpha value is -2.10. The molecule has 0 aliphatic carbocycles. The van der Waals surface area contributed by atoms with Gasteiger partial charge in [0.05, 0.1) is 16.9 Å². The molecule has 2 aromatic rings. The van der Waals surface area contributed by atoms with Crippen LogP contribution < -0.4 is 9.46 Å². The van der Waals surface area contributed by atoms with Crippen LogP contribution in [0.1, 0.15) is 56.6 Å². The maximum atomic E-state index is 13.1. The van der Waals surface area contributed by atoms with E-state index < -0.39 is 20.0 Å². The highest BCUT2D eigenvalue weighted by Crippen LogP contribution is 2.32. The van der Waals surface area contributed by atoms with Crippen LogP contribution in [-0.2, 0) is 20.0 Å². The number of sulfonamides is 2. The van der Waals surface area contributed by atoms with Gasteiger partial charge in [-0.05, 0) is 73.2 Å². The molecule has 0 aromatic heterocycles. The molecule has 2 aromatic carbocycles. The normalized spacial score (nSPS) is 16.0. The highest BCUT2D eigenvalue weighted by atomic mass is 32.2. The Kier molecular flexibility index (Phi) is 7.52. The van der Waals surface area contributed by atoms with Gasteiger partial charge in [-0.15, -0.1) is 0 Å². The summed E-state index contributed by atoms with van der Waals surface area (Å²) in [7, 11) is -5.89. The van der Waals surface area contributed by atoms with E-state index in [9.17, 15) is 16.8 Å². The Morgan fingerprint density at radius 2 is 1.53 bits per heavy atom. The molecule has 1 heterocycles. The molecule has 0 bridgehead atoms. The highest BCUT2D eigenvalue weighted by molar-refractivity contribution is 7.92. The minimum absolute atomic E-state index is 0.0861. The molecule has 1 aliphatic heterocycles. The van der Waals surface area contributed by atoms with Crippen molar-refractivity contribution in [2.24, 2.45) is 0 Å². The van der Waals surface area contributed by atoms with Crippen molar-refractivity contribution in [3.63, 3.8) is 0 Å². The standard InChI is InChI=1S/C23H32N2O5S2/c1-17(2)21-16-23(18(3)15-22(21)30-4)31(26,27)24-19-9-11-20(12-10-19)32(28,29)25-13-7-5-6-8-14-25/h9-12,15-17,24H,5-8,13-14H2,1-4H3. The van der Waals surface area contributed by atoms with E-state index in [0.29, 0.717) is 30.1 Å². The SMILES string of the molecule is COc1cc(C)c(S(=O)(=O)Nc2ccc(S(=O)(=O)N3CCCCCC3)cc2)cc1C(C)C. The molecular weight excluding hydrogens is 448 g/mol. The zero-order chi connectivity index (χ0) is 23.5. The summed E-state index contributed by atoms with van der Waals surface area (Å²) in [6, 6.07) is 9.26. The third kappa shape index (κ3) is 5.27. The smallest absolute Gasteiger partial charge is 0.262 e. The Morgan fingerprint density at radius 1 is 0.938 bits per heavy atom. The number of rotatable bonds is 7. The molecule has 1 aliphatic rings. The van der Waals surface area contributed by atoms with E-state index in [1.54, 1.807) is 26.2 Å². The van der Waals surface area contributed by atoms with Gasteiger partial charge in [0, 0.05) is 18.8 Å². The molecular formula is C23H32N2O5S2. The van der Waals surface area contributed by atoms with Gasteiger partial charge in [-0.3, -0.25) is 4.72 Å². The molecule has 0 radical (unpaired) electrons. The van der Waals surface area contributed by atoms with Crippen molar-refractivity contribution < 1.29 is 21.6 Å². The number of nitrogens with one attached hydrogen (secondary N) is 1. The molecule has 7 nitrogen and oxygen atoms in total. The van der Waals surface area contributed by atoms with Gasteiger partial charge >= 0.3 is 0 Å².